The highest BCUT2D eigenvalue weighted by molar-refractivity contribution is 7.99. The molecule has 2 rings (SSSR count). The topological polar surface area (TPSA) is 101 Å². The Kier molecular flexibility index (Phi) is 6.60. The van der Waals surface area contributed by atoms with Crippen LogP contribution in [-0.2, 0) is 20.7 Å². The van der Waals surface area contributed by atoms with Gasteiger partial charge in [0, 0.05) is 16.8 Å². The van der Waals surface area contributed by atoms with Gasteiger partial charge in [0.25, 0.3) is 5.56 Å². The van der Waals surface area contributed by atoms with E-state index >= 15 is 0 Å². The zero-order valence-electron chi connectivity index (χ0n) is 13.6. The van der Waals surface area contributed by atoms with Crippen LogP contribution in [-0.4, -0.2) is 34.7 Å². The van der Waals surface area contributed by atoms with Crippen molar-refractivity contribution in [2.45, 2.75) is 18.5 Å². The summed E-state index contributed by atoms with van der Waals surface area (Å²) in [6, 6.07) is 6.43. The number of anilines is 1. The minimum Gasteiger partial charge on any atom is -0.469 e. The number of aromatic nitrogens is 2. The van der Waals surface area contributed by atoms with Gasteiger partial charge in [0.2, 0.25) is 5.91 Å². The van der Waals surface area contributed by atoms with Crippen molar-refractivity contribution >= 4 is 40.9 Å². The number of amides is 1. The van der Waals surface area contributed by atoms with Crippen LogP contribution in [0.4, 0.5) is 5.69 Å². The van der Waals surface area contributed by atoms with Gasteiger partial charge in [0.15, 0.2) is 5.16 Å². The summed E-state index contributed by atoms with van der Waals surface area (Å²) in [5.74, 6) is -0.726. The van der Waals surface area contributed by atoms with Crippen molar-refractivity contribution < 1.29 is 14.3 Å². The Morgan fingerprint density at radius 3 is 2.84 bits per heavy atom. The highest BCUT2D eigenvalue weighted by Crippen LogP contribution is 2.21. The van der Waals surface area contributed by atoms with Crippen molar-refractivity contribution in [3.63, 3.8) is 0 Å². The maximum absolute atomic E-state index is 12.1. The van der Waals surface area contributed by atoms with Crippen molar-refractivity contribution in [1.82, 2.24) is 9.97 Å². The predicted molar refractivity (Wildman–Crippen MR) is 96.1 cm³/mol. The summed E-state index contributed by atoms with van der Waals surface area (Å²) in [5.41, 5.74) is 1.39. The van der Waals surface area contributed by atoms with Gasteiger partial charge in [-0.05, 0) is 24.6 Å². The van der Waals surface area contributed by atoms with Crippen molar-refractivity contribution in [3.8, 4) is 0 Å². The fourth-order valence-electron chi connectivity index (χ4n) is 1.91. The van der Waals surface area contributed by atoms with Gasteiger partial charge in [-0.15, -0.1) is 0 Å². The summed E-state index contributed by atoms with van der Waals surface area (Å²) in [4.78, 5) is 41.6. The molecule has 7 nitrogen and oxygen atoms in total. The van der Waals surface area contributed by atoms with Gasteiger partial charge < -0.3 is 15.0 Å². The van der Waals surface area contributed by atoms with E-state index in [4.69, 9.17) is 11.6 Å². The van der Waals surface area contributed by atoms with Crippen LogP contribution in [0.2, 0.25) is 5.02 Å². The number of H-pyrrole nitrogens is 1. The Hall–Kier alpha value is -2.32. The number of nitrogens with zero attached hydrogens (tertiary/aromatic N) is 1. The molecule has 0 spiro atoms. The normalized spacial score (nSPS) is 10.4. The van der Waals surface area contributed by atoms with Gasteiger partial charge in [-0.3, -0.25) is 14.4 Å². The summed E-state index contributed by atoms with van der Waals surface area (Å²) in [7, 11) is 1.26. The lowest BCUT2D eigenvalue weighted by Gasteiger charge is -2.08. The van der Waals surface area contributed by atoms with E-state index in [1.54, 1.807) is 18.2 Å². The number of carbonyl (C=O) groups excluding carboxylic acids is 2. The van der Waals surface area contributed by atoms with Crippen LogP contribution in [0.1, 0.15) is 11.3 Å². The maximum atomic E-state index is 12.1. The number of ether oxygens (including phenoxy) is 1. The van der Waals surface area contributed by atoms with Crippen molar-refractivity contribution in [3.05, 3.63) is 50.9 Å². The van der Waals surface area contributed by atoms with Gasteiger partial charge in [-0.2, -0.15) is 0 Å². The van der Waals surface area contributed by atoms with Crippen molar-refractivity contribution in [1.29, 1.82) is 0 Å². The quantitative estimate of drug-likeness (QED) is 0.452. The van der Waals surface area contributed by atoms with E-state index in [1.165, 1.54) is 13.2 Å². The molecule has 132 valence electrons. The van der Waals surface area contributed by atoms with Crippen LogP contribution in [0.25, 0.3) is 0 Å². The number of rotatable bonds is 6. The number of nitrogens with one attached hydrogen (secondary N) is 2. The molecule has 0 bridgehead atoms. The molecule has 2 N–H and O–H groups in total. The second kappa shape index (κ2) is 8.68. The number of thioether (sulfide) groups is 1. The Morgan fingerprint density at radius 1 is 1.36 bits per heavy atom. The molecule has 1 amide bonds. The SMILES string of the molecule is COC(=O)Cc1cc(=O)[nH]c(SCC(=O)Nc2cc(Cl)ccc2C)n1. The smallest absolute Gasteiger partial charge is 0.311 e. The molecule has 0 aliphatic carbocycles. The molecule has 0 unspecified atom stereocenters. The number of benzene rings is 1. The first-order valence-electron chi connectivity index (χ1n) is 7.23. The molecule has 9 heteroatoms. The lowest BCUT2D eigenvalue weighted by molar-refractivity contribution is -0.139. The van der Waals surface area contributed by atoms with E-state index in [9.17, 15) is 14.4 Å². The lowest BCUT2D eigenvalue weighted by atomic mass is 10.2. The van der Waals surface area contributed by atoms with Crippen molar-refractivity contribution in [2.75, 3.05) is 18.2 Å². The highest BCUT2D eigenvalue weighted by atomic mass is 35.5. The zero-order valence-corrected chi connectivity index (χ0v) is 15.2. The van der Waals surface area contributed by atoms with Crippen molar-refractivity contribution in [2.24, 2.45) is 0 Å². The largest absolute Gasteiger partial charge is 0.469 e. The molecule has 0 atom stereocenters. The summed E-state index contributed by atoms with van der Waals surface area (Å²) in [6.45, 7) is 1.86. The molecule has 0 fully saturated rings. The maximum Gasteiger partial charge on any atom is 0.311 e. The number of aryl methyl sites for hydroxylation is 1. The fourth-order valence-corrected chi connectivity index (χ4v) is 2.78. The zero-order chi connectivity index (χ0) is 18.4. The molecule has 0 saturated heterocycles. The molecule has 25 heavy (non-hydrogen) atoms. The van der Waals surface area contributed by atoms with Crippen LogP contribution in [0.15, 0.2) is 34.2 Å². The lowest BCUT2D eigenvalue weighted by Crippen LogP contribution is -2.17. The molecule has 0 radical (unpaired) electrons. The Bertz CT molecular complexity index is 854. The monoisotopic (exact) mass is 381 g/mol. The van der Waals surface area contributed by atoms with E-state index in [0.717, 1.165) is 17.3 Å². The number of methoxy groups -OCH3 is 1. The summed E-state index contributed by atoms with van der Waals surface area (Å²) < 4.78 is 4.55. The minimum absolute atomic E-state index is 0.0383. The Balaban J connectivity index is 2.00. The third-order valence-corrected chi connectivity index (χ3v) is 4.25. The summed E-state index contributed by atoms with van der Waals surface area (Å²) in [5, 5.41) is 3.53. The molecule has 0 aliphatic heterocycles. The highest BCUT2D eigenvalue weighted by Gasteiger charge is 2.10. The Labute approximate surface area is 153 Å². The minimum atomic E-state index is -0.497. The van der Waals surface area contributed by atoms with Crippen LogP contribution in [0.5, 0.6) is 0 Å². The molecule has 1 heterocycles. The third-order valence-electron chi connectivity index (χ3n) is 3.14. The van der Waals surface area contributed by atoms with E-state index in [2.05, 4.69) is 20.0 Å². The first kappa shape index (κ1) is 19.0. The molecule has 0 saturated carbocycles. The number of hydrogen-bond acceptors (Lipinski definition) is 6. The average Bonchev–Trinajstić information content (AvgIpc) is 2.55. The first-order chi connectivity index (χ1) is 11.9. The number of aromatic amines is 1. The number of hydrogen-bond donors (Lipinski definition) is 2. The molecule has 2 aromatic rings. The second-order valence-corrected chi connectivity index (χ2v) is 6.49. The van der Waals surface area contributed by atoms with E-state index in [0.29, 0.717) is 10.7 Å². The van der Waals surface area contributed by atoms with Gasteiger partial charge >= 0.3 is 5.97 Å². The number of carbonyl (C=O) groups is 2. The van der Waals surface area contributed by atoms with Gasteiger partial charge in [0.1, 0.15) is 0 Å². The van der Waals surface area contributed by atoms with Gasteiger partial charge in [-0.25, -0.2) is 4.98 Å². The van der Waals surface area contributed by atoms with Crippen LogP contribution < -0.4 is 10.9 Å². The fraction of sp³-hybridized carbons (Fsp3) is 0.250. The van der Waals surface area contributed by atoms with E-state index in [1.807, 2.05) is 6.92 Å². The second-order valence-electron chi connectivity index (χ2n) is 5.09. The number of halogens is 1. The Morgan fingerprint density at radius 2 is 2.12 bits per heavy atom. The third kappa shape index (κ3) is 5.91. The van der Waals surface area contributed by atoms with Crippen LogP contribution in [0.3, 0.4) is 0 Å². The molecular weight excluding hydrogens is 366 g/mol. The molecule has 1 aromatic heterocycles. The first-order valence-corrected chi connectivity index (χ1v) is 8.59. The predicted octanol–water partition coefficient (Wildman–Crippen LogP) is 2.18. The average molecular weight is 382 g/mol. The number of esters is 1. The van der Waals surface area contributed by atoms with Crippen LogP contribution >= 0.6 is 23.4 Å². The molecular formula is C16H16ClN3O4S. The van der Waals surface area contributed by atoms with E-state index in [-0.39, 0.29) is 28.9 Å². The van der Waals surface area contributed by atoms with Gasteiger partial charge in [0.05, 0.1) is 25.0 Å². The van der Waals surface area contributed by atoms with Gasteiger partial charge in [-0.1, -0.05) is 29.4 Å². The van der Waals surface area contributed by atoms with E-state index < -0.39 is 11.5 Å². The van der Waals surface area contributed by atoms with Crippen LogP contribution in [0, 0.1) is 6.92 Å². The summed E-state index contributed by atoms with van der Waals surface area (Å²) >= 11 is 6.97. The molecule has 1 aromatic carbocycles. The summed E-state index contributed by atoms with van der Waals surface area (Å²) in [6.07, 6.45) is -0.109. The standard InChI is InChI=1S/C16H16ClN3O4S/c1-9-3-4-10(17)5-12(9)19-14(22)8-25-16-18-11(6-13(21)20-16)7-15(23)24-2/h3-6H,7-8H2,1-2H3,(H,19,22)(H,18,20,21). The molecule has 0 aliphatic rings.